The third kappa shape index (κ3) is 1.98. The van der Waals surface area contributed by atoms with Gasteiger partial charge in [-0.3, -0.25) is 0 Å². The Morgan fingerprint density at radius 2 is 1.94 bits per heavy atom. The summed E-state index contributed by atoms with van der Waals surface area (Å²) in [5.41, 5.74) is 4.32. The van der Waals surface area contributed by atoms with Crippen LogP contribution in [0, 0.1) is 20.8 Å². The standard InChI is InChI=1S/C13H14ClNO/c1-8-4-5-11(6-9(8)2)13-15-12(7-14)10(3)16-13/h4-6H,7H2,1-3H3. The second-order valence-corrected chi connectivity index (χ2v) is 4.22. The number of nitrogens with zero attached hydrogens (tertiary/aromatic N) is 1. The molecule has 1 aromatic heterocycles. The van der Waals surface area contributed by atoms with E-state index in [0.717, 1.165) is 17.0 Å². The highest BCUT2D eigenvalue weighted by atomic mass is 35.5. The van der Waals surface area contributed by atoms with Crippen molar-refractivity contribution in [2.45, 2.75) is 26.7 Å². The Labute approximate surface area is 100 Å². The summed E-state index contributed by atoms with van der Waals surface area (Å²) in [6.07, 6.45) is 0. The van der Waals surface area contributed by atoms with Gasteiger partial charge >= 0.3 is 0 Å². The second kappa shape index (κ2) is 4.30. The van der Waals surface area contributed by atoms with Crippen LogP contribution in [-0.2, 0) is 5.88 Å². The first-order chi connectivity index (χ1) is 7.61. The topological polar surface area (TPSA) is 26.0 Å². The number of hydrogen-bond donors (Lipinski definition) is 0. The number of benzene rings is 1. The van der Waals surface area contributed by atoms with E-state index in [0.29, 0.717) is 11.8 Å². The highest BCUT2D eigenvalue weighted by Gasteiger charge is 2.10. The highest BCUT2D eigenvalue weighted by molar-refractivity contribution is 6.16. The van der Waals surface area contributed by atoms with Crippen LogP contribution in [0.2, 0.25) is 0 Å². The van der Waals surface area contributed by atoms with E-state index in [9.17, 15) is 0 Å². The number of rotatable bonds is 2. The number of halogens is 1. The molecule has 2 rings (SSSR count). The molecule has 0 radical (unpaired) electrons. The minimum absolute atomic E-state index is 0.389. The van der Waals surface area contributed by atoms with Gasteiger partial charge in [0.25, 0.3) is 0 Å². The zero-order valence-corrected chi connectivity index (χ0v) is 10.4. The maximum absolute atomic E-state index is 5.77. The Morgan fingerprint density at radius 1 is 1.19 bits per heavy atom. The molecule has 3 heteroatoms. The lowest BCUT2D eigenvalue weighted by molar-refractivity contribution is 0.540. The first-order valence-corrected chi connectivity index (χ1v) is 5.75. The van der Waals surface area contributed by atoms with E-state index in [1.807, 2.05) is 13.0 Å². The van der Waals surface area contributed by atoms with Gasteiger partial charge in [0.15, 0.2) is 0 Å². The van der Waals surface area contributed by atoms with Crippen molar-refractivity contribution in [3.63, 3.8) is 0 Å². The third-order valence-electron chi connectivity index (χ3n) is 2.77. The van der Waals surface area contributed by atoms with Crippen molar-refractivity contribution in [3.8, 4) is 11.5 Å². The molecule has 0 aliphatic carbocycles. The molecule has 16 heavy (non-hydrogen) atoms. The second-order valence-electron chi connectivity index (χ2n) is 3.95. The zero-order chi connectivity index (χ0) is 11.7. The van der Waals surface area contributed by atoms with Crippen LogP contribution >= 0.6 is 11.6 Å². The average Bonchev–Trinajstić information content (AvgIpc) is 2.64. The van der Waals surface area contributed by atoms with Crippen molar-refractivity contribution in [1.29, 1.82) is 0 Å². The molecule has 0 aliphatic rings. The molecule has 2 nitrogen and oxygen atoms in total. The van der Waals surface area contributed by atoms with Gasteiger partial charge in [-0.25, -0.2) is 4.98 Å². The lowest BCUT2D eigenvalue weighted by Gasteiger charge is -2.01. The number of hydrogen-bond acceptors (Lipinski definition) is 2. The molecular formula is C13H14ClNO. The Hall–Kier alpha value is -1.28. The van der Waals surface area contributed by atoms with Crippen LogP contribution in [0.1, 0.15) is 22.6 Å². The summed E-state index contributed by atoms with van der Waals surface area (Å²) < 4.78 is 5.59. The quantitative estimate of drug-likeness (QED) is 0.736. The number of aryl methyl sites for hydroxylation is 3. The van der Waals surface area contributed by atoms with E-state index < -0.39 is 0 Å². The Bertz CT molecular complexity index is 517. The molecule has 0 unspecified atom stereocenters. The molecule has 0 amide bonds. The molecule has 0 N–H and O–H groups in total. The molecule has 1 aromatic carbocycles. The lowest BCUT2D eigenvalue weighted by Crippen LogP contribution is -1.84. The number of aromatic nitrogens is 1. The van der Waals surface area contributed by atoms with Crippen LogP contribution in [0.3, 0.4) is 0 Å². The van der Waals surface area contributed by atoms with Crippen molar-refractivity contribution in [2.75, 3.05) is 0 Å². The molecule has 0 fully saturated rings. The molecule has 1 heterocycles. The van der Waals surface area contributed by atoms with Crippen LogP contribution < -0.4 is 0 Å². The molecule has 2 aromatic rings. The molecule has 84 valence electrons. The van der Waals surface area contributed by atoms with Gasteiger partial charge in [-0.15, -0.1) is 11.6 Å². The van der Waals surface area contributed by atoms with E-state index in [1.54, 1.807) is 0 Å². The van der Waals surface area contributed by atoms with Crippen molar-refractivity contribution in [3.05, 3.63) is 40.8 Å². The van der Waals surface area contributed by atoms with Crippen LogP contribution in [0.4, 0.5) is 0 Å². The molecule has 0 aliphatic heterocycles. The van der Waals surface area contributed by atoms with Gasteiger partial charge in [0, 0.05) is 5.56 Å². The van der Waals surface area contributed by atoms with E-state index >= 15 is 0 Å². The fourth-order valence-corrected chi connectivity index (χ4v) is 1.80. The predicted molar refractivity (Wildman–Crippen MR) is 65.7 cm³/mol. The Balaban J connectivity index is 2.46. The summed E-state index contributed by atoms with van der Waals surface area (Å²) in [6.45, 7) is 6.05. The van der Waals surface area contributed by atoms with Gasteiger partial charge < -0.3 is 4.42 Å². The monoisotopic (exact) mass is 235 g/mol. The Kier molecular flexibility index (Phi) is 3.01. The molecular weight excluding hydrogens is 222 g/mol. The Morgan fingerprint density at radius 3 is 2.50 bits per heavy atom. The van der Waals surface area contributed by atoms with Crippen LogP contribution in [0.15, 0.2) is 22.6 Å². The summed E-state index contributed by atoms with van der Waals surface area (Å²) in [7, 11) is 0. The van der Waals surface area contributed by atoms with Gasteiger partial charge in [-0.05, 0) is 44.0 Å². The zero-order valence-electron chi connectivity index (χ0n) is 9.67. The SMILES string of the molecule is Cc1ccc(-c2nc(CCl)c(C)o2)cc1C. The van der Waals surface area contributed by atoms with Gasteiger partial charge in [0.1, 0.15) is 5.76 Å². The molecule has 0 spiro atoms. The summed E-state index contributed by atoms with van der Waals surface area (Å²) in [5.74, 6) is 1.83. The first kappa shape index (κ1) is 11.2. The smallest absolute Gasteiger partial charge is 0.226 e. The first-order valence-electron chi connectivity index (χ1n) is 5.21. The summed E-state index contributed by atoms with van der Waals surface area (Å²) in [6, 6.07) is 6.18. The van der Waals surface area contributed by atoms with Crippen molar-refractivity contribution in [2.24, 2.45) is 0 Å². The summed E-state index contributed by atoms with van der Waals surface area (Å²) in [4.78, 5) is 4.37. The van der Waals surface area contributed by atoms with Gasteiger partial charge in [-0.1, -0.05) is 6.07 Å². The number of oxazole rings is 1. The normalized spacial score (nSPS) is 10.8. The maximum atomic E-state index is 5.77. The lowest BCUT2D eigenvalue weighted by atomic mass is 10.1. The maximum Gasteiger partial charge on any atom is 0.226 e. The van der Waals surface area contributed by atoms with Gasteiger partial charge in [-0.2, -0.15) is 0 Å². The van der Waals surface area contributed by atoms with Crippen LogP contribution in [0.5, 0.6) is 0 Å². The number of alkyl halides is 1. The van der Waals surface area contributed by atoms with Crippen molar-refractivity contribution in [1.82, 2.24) is 4.98 Å². The van der Waals surface area contributed by atoms with Crippen molar-refractivity contribution >= 4 is 11.6 Å². The molecule has 0 atom stereocenters. The summed E-state index contributed by atoms with van der Waals surface area (Å²) >= 11 is 5.77. The minimum atomic E-state index is 0.389. The fourth-order valence-electron chi connectivity index (χ4n) is 1.55. The van der Waals surface area contributed by atoms with E-state index in [-0.39, 0.29) is 0 Å². The average molecular weight is 236 g/mol. The van der Waals surface area contributed by atoms with E-state index in [2.05, 4.69) is 31.0 Å². The summed E-state index contributed by atoms with van der Waals surface area (Å²) in [5, 5.41) is 0. The van der Waals surface area contributed by atoms with Crippen molar-refractivity contribution < 1.29 is 4.42 Å². The van der Waals surface area contributed by atoms with Gasteiger partial charge in [0.05, 0.1) is 11.6 Å². The molecule has 0 saturated heterocycles. The molecule has 0 bridgehead atoms. The van der Waals surface area contributed by atoms with E-state index in [4.69, 9.17) is 16.0 Å². The molecule has 0 saturated carbocycles. The van der Waals surface area contributed by atoms with Gasteiger partial charge in [0.2, 0.25) is 5.89 Å². The van der Waals surface area contributed by atoms with E-state index in [1.165, 1.54) is 11.1 Å². The third-order valence-corrected chi connectivity index (χ3v) is 3.03. The van der Waals surface area contributed by atoms with Crippen LogP contribution in [0.25, 0.3) is 11.5 Å². The van der Waals surface area contributed by atoms with Crippen LogP contribution in [-0.4, -0.2) is 4.98 Å². The highest BCUT2D eigenvalue weighted by Crippen LogP contribution is 2.24. The predicted octanol–water partition coefficient (Wildman–Crippen LogP) is 4.01. The minimum Gasteiger partial charge on any atom is -0.441 e. The largest absolute Gasteiger partial charge is 0.441 e. The fraction of sp³-hybridized carbons (Fsp3) is 0.308.